The molecule has 0 spiro atoms. The van der Waals surface area contributed by atoms with E-state index in [1.165, 1.54) is 9.21 Å². The van der Waals surface area contributed by atoms with Crippen molar-refractivity contribution in [1.82, 2.24) is 9.21 Å². The molecule has 1 aliphatic heterocycles. The number of carbonyl (C=O) groups excluding carboxylic acids is 1. The van der Waals surface area contributed by atoms with Crippen LogP contribution in [0, 0.1) is 0 Å². The molecule has 8 nitrogen and oxygen atoms in total. The van der Waals surface area contributed by atoms with E-state index < -0.39 is 16.0 Å². The standard InChI is InChI=1S/C20H25N3O5S/c1-21(2)17-7-3-6-16-15(17)5-4-8-18(16)29(27,28)23-13-11-22(12-14-23)19(24)9-10-20(25)26/h3-8H,9-14H2,1-2H3,(H,25,26). The van der Waals surface area contributed by atoms with Crippen LogP contribution >= 0.6 is 0 Å². The number of nitrogens with zero attached hydrogens (tertiary/aromatic N) is 3. The van der Waals surface area contributed by atoms with Gasteiger partial charge < -0.3 is 14.9 Å². The van der Waals surface area contributed by atoms with Gasteiger partial charge in [-0.15, -0.1) is 0 Å². The second-order valence-corrected chi connectivity index (χ2v) is 9.11. The number of carbonyl (C=O) groups is 2. The van der Waals surface area contributed by atoms with Gasteiger partial charge in [0.25, 0.3) is 0 Å². The van der Waals surface area contributed by atoms with Crippen molar-refractivity contribution < 1.29 is 23.1 Å². The van der Waals surface area contributed by atoms with Crippen molar-refractivity contribution in [3.8, 4) is 0 Å². The SMILES string of the molecule is CN(C)c1cccc2c(S(=O)(=O)N3CCN(C(=O)CCC(=O)O)CC3)cccc12. The fourth-order valence-corrected chi connectivity index (χ4v) is 5.20. The third-order valence-electron chi connectivity index (χ3n) is 5.10. The van der Waals surface area contributed by atoms with E-state index >= 15 is 0 Å². The maximum absolute atomic E-state index is 13.3. The molecule has 0 radical (unpaired) electrons. The molecule has 2 aromatic carbocycles. The van der Waals surface area contributed by atoms with Gasteiger partial charge >= 0.3 is 5.97 Å². The number of rotatable bonds is 6. The highest BCUT2D eigenvalue weighted by molar-refractivity contribution is 7.89. The van der Waals surface area contributed by atoms with Gasteiger partial charge in [0.1, 0.15) is 0 Å². The van der Waals surface area contributed by atoms with E-state index in [2.05, 4.69) is 0 Å². The van der Waals surface area contributed by atoms with Crippen LogP contribution in [0.1, 0.15) is 12.8 Å². The third-order valence-corrected chi connectivity index (χ3v) is 7.06. The highest BCUT2D eigenvalue weighted by atomic mass is 32.2. The van der Waals surface area contributed by atoms with E-state index in [4.69, 9.17) is 5.11 Å². The normalized spacial score (nSPS) is 15.4. The monoisotopic (exact) mass is 419 g/mol. The Morgan fingerprint density at radius 3 is 2.21 bits per heavy atom. The van der Waals surface area contributed by atoms with Gasteiger partial charge in [-0.3, -0.25) is 9.59 Å². The number of carboxylic acids is 1. The summed E-state index contributed by atoms with van der Waals surface area (Å²) in [5, 5.41) is 10.2. The number of aliphatic carboxylic acids is 1. The summed E-state index contributed by atoms with van der Waals surface area (Å²) in [4.78, 5) is 26.5. The zero-order chi connectivity index (χ0) is 21.2. The smallest absolute Gasteiger partial charge is 0.303 e. The van der Waals surface area contributed by atoms with Crippen molar-refractivity contribution in [2.45, 2.75) is 17.7 Å². The second kappa shape index (κ2) is 8.38. The molecule has 1 saturated heterocycles. The van der Waals surface area contributed by atoms with Crippen LogP contribution in [0.15, 0.2) is 41.3 Å². The van der Waals surface area contributed by atoms with Gasteiger partial charge in [0.2, 0.25) is 15.9 Å². The van der Waals surface area contributed by atoms with Crippen molar-refractivity contribution >= 4 is 38.4 Å². The average molecular weight is 420 g/mol. The van der Waals surface area contributed by atoms with Crippen molar-refractivity contribution in [1.29, 1.82) is 0 Å². The quantitative estimate of drug-likeness (QED) is 0.764. The van der Waals surface area contributed by atoms with E-state index in [1.54, 1.807) is 18.2 Å². The second-order valence-electron chi connectivity index (χ2n) is 7.20. The number of sulfonamides is 1. The maximum atomic E-state index is 13.3. The lowest BCUT2D eigenvalue weighted by Crippen LogP contribution is -2.50. The molecule has 0 bridgehead atoms. The van der Waals surface area contributed by atoms with Gasteiger partial charge in [-0.1, -0.05) is 24.3 Å². The van der Waals surface area contributed by atoms with Crippen LogP contribution in [0.2, 0.25) is 0 Å². The fourth-order valence-electron chi connectivity index (χ4n) is 3.57. The van der Waals surface area contributed by atoms with Gasteiger partial charge in [0, 0.05) is 63.2 Å². The molecule has 0 atom stereocenters. The largest absolute Gasteiger partial charge is 0.481 e. The molecule has 3 rings (SSSR count). The van der Waals surface area contributed by atoms with Crippen molar-refractivity contribution in [2.75, 3.05) is 45.2 Å². The molecule has 1 amide bonds. The molecule has 1 fully saturated rings. The minimum absolute atomic E-state index is 0.0707. The number of benzene rings is 2. The number of piperazine rings is 1. The Morgan fingerprint density at radius 2 is 1.59 bits per heavy atom. The molecule has 0 unspecified atom stereocenters. The Balaban J connectivity index is 1.82. The lowest BCUT2D eigenvalue weighted by Gasteiger charge is -2.34. The van der Waals surface area contributed by atoms with Crippen molar-refractivity contribution in [3.63, 3.8) is 0 Å². The average Bonchev–Trinajstić information content (AvgIpc) is 2.71. The molecule has 29 heavy (non-hydrogen) atoms. The molecule has 1 heterocycles. The predicted octanol–water partition coefficient (Wildman–Crippen LogP) is 1.60. The van der Waals surface area contributed by atoms with E-state index in [9.17, 15) is 18.0 Å². The first kappa shape index (κ1) is 21.1. The van der Waals surface area contributed by atoms with E-state index in [-0.39, 0.29) is 49.8 Å². The van der Waals surface area contributed by atoms with Gasteiger partial charge in [-0.25, -0.2) is 8.42 Å². The lowest BCUT2D eigenvalue weighted by molar-refractivity contribution is -0.141. The van der Waals surface area contributed by atoms with Crippen LogP contribution in [0.5, 0.6) is 0 Å². The van der Waals surface area contributed by atoms with E-state index in [0.717, 1.165) is 11.1 Å². The minimum Gasteiger partial charge on any atom is -0.481 e. The summed E-state index contributed by atoms with van der Waals surface area (Å²) in [6, 6.07) is 10.9. The van der Waals surface area contributed by atoms with Crippen LogP contribution in [0.25, 0.3) is 10.8 Å². The van der Waals surface area contributed by atoms with Gasteiger partial charge in [-0.05, 0) is 12.1 Å². The van der Waals surface area contributed by atoms with Gasteiger partial charge in [-0.2, -0.15) is 4.31 Å². The highest BCUT2D eigenvalue weighted by Crippen LogP contribution is 2.31. The first-order valence-corrected chi connectivity index (χ1v) is 10.8. The van der Waals surface area contributed by atoms with Crippen molar-refractivity contribution in [3.05, 3.63) is 36.4 Å². The molecular weight excluding hydrogens is 394 g/mol. The summed E-state index contributed by atoms with van der Waals surface area (Å²) in [7, 11) is 0.103. The zero-order valence-electron chi connectivity index (χ0n) is 16.5. The molecule has 0 aliphatic carbocycles. The molecule has 2 aromatic rings. The van der Waals surface area contributed by atoms with Crippen LogP contribution in [-0.4, -0.2) is 74.9 Å². The number of hydrogen-bond acceptors (Lipinski definition) is 5. The molecule has 1 aliphatic rings. The summed E-state index contributed by atoms with van der Waals surface area (Å²) in [5.41, 5.74) is 0.938. The van der Waals surface area contributed by atoms with Crippen molar-refractivity contribution in [2.24, 2.45) is 0 Å². The van der Waals surface area contributed by atoms with E-state index in [1.807, 2.05) is 37.2 Å². The van der Waals surface area contributed by atoms with E-state index in [0.29, 0.717) is 5.39 Å². The van der Waals surface area contributed by atoms with Crippen LogP contribution < -0.4 is 4.90 Å². The maximum Gasteiger partial charge on any atom is 0.303 e. The Hall–Kier alpha value is -2.65. The molecule has 9 heteroatoms. The van der Waals surface area contributed by atoms with Crippen LogP contribution in [-0.2, 0) is 19.6 Å². The number of fused-ring (bicyclic) bond motifs is 1. The summed E-state index contributed by atoms with van der Waals surface area (Å²) in [6.07, 6.45) is -0.291. The van der Waals surface area contributed by atoms with Gasteiger partial charge in [0.05, 0.1) is 11.3 Å². The Kier molecular flexibility index (Phi) is 6.09. The fraction of sp³-hybridized carbons (Fsp3) is 0.400. The topological polar surface area (TPSA) is 98.2 Å². The predicted molar refractivity (Wildman–Crippen MR) is 110 cm³/mol. The number of anilines is 1. The lowest BCUT2D eigenvalue weighted by atomic mass is 10.1. The molecule has 0 saturated carbocycles. The summed E-state index contributed by atoms with van der Waals surface area (Å²) in [6.45, 7) is 0.882. The molecule has 156 valence electrons. The Morgan fingerprint density at radius 1 is 0.966 bits per heavy atom. The number of amides is 1. The minimum atomic E-state index is -3.72. The first-order valence-electron chi connectivity index (χ1n) is 9.40. The zero-order valence-corrected chi connectivity index (χ0v) is 17.4. The van der Waals surface area contributed by atoms with Crippen LogP contribution in [0.3, 0.4) is 0 Å². The Bertz CT molecular complexity index is 1030. The summed E-state index contributed by atoms with van der Waals surface area (Å²) in [5.74, 6) is -1.28. The number of hydrogen-bond donors (Lipinski definition) is 1. The number of carboxylic acid groups (broad SMARTS) is 1. The summed E-state index contributed by atoms with van der Waals surface area (Å²) < 4.78 is 28.0. The third kappa shape index (κ3) is 4.35. The Labute approximate surface area is 170 Å². The van der Waals surface area contributed by atoms with Crippen LogP contribution in [0.4, 0.5) is 5.69 Å². The molecule has 0 aromatic heterocycles. The molecule has 1 N–H and O–H groups in total. The highest BCUT2D eigenvalue weighted by Gasteiger charge is 2.31. The first-order chi connectivity index (χ1) is 13.7. The summed E-state index contributed by atoms with van der Waals surface area (Å²) >= 11 is 0. The molecular formula is C20H25N3O5S. The van der Waals surface area contributed by atoms with Gasteiger partial charge in [0.15, 0.2) is 0 Å².